The maximum atomic E-state index is 11.7. The summed E-state index contributed by atoms with van der Waals surface area (Å²) in [5.74, 6) is 0.412. The molecule has 0 unspecified atom stereocenters. The van der Waals surface area contributed by atoms with Crippen molar-refractivity contribution >= 4 is 5.78 Å². The molecule has 7 heteroatoms. The van der Waals surface area contributed by atoms with E-state index in [0.717, 1.165) is 18.8 Å². The molecule has 0 amide bonds. The summed E-state index contributed by atoms with van der Waals surface area (Å²) < 4.78 is 1.32. The number of aromatic nitrogens is 4. The molecule has 0 radical (unpaired) electrons. The largest absolute Gasteiger partial charge is 0.318 e. The van der Waals surface area contributed by atoms with E-state index in [1.165, 1.54) is 16.9 Å². The van der Waals surface area contributed by atoms with Crippen LogP contribution in [0.25, 0.3) is 5.78 Å². The van der Waals surface area contributed by atoms with Crippen molar-refractivity contribution in [2.45, 2.75) is 6.54 Å². The minimum atomic E-state index is -0.135. The van der Waals surface area contributed by atoms with E-state index in [9.17, 15) is 4.79 Å². The van der Waals surface area contributed by atoms with Crippen LogP contribution in [0.1, 0.15) is 5.69 Å². The molecular formula is C10H16N6O. The standard InChI is InChI=1S/C10H16N6O/c1-11-3-4-15(2)6-8-5-9(17)16-10(14-8)12-7-13-16/h5,7,11H,3-4,6H2,1-2H3,(H,12,13,14). The Morgan fingerprint density at radius 2 is 2.41 bits per heavy atom. The number of hydrogen-bond donors (Lipinski definition) is 2. The van der Waals surface area contributed by atoms with Crippen LogP contribution in [-0.2, 0) is 6.54 Å². The van der Waals surface area contributed by atoms with Crippen molar-refractivity contribution in [1.82, 2.24) is 29.8 Å². The molecule has 2 heterocycles. The zero-order valence-electron chi connectivity index (χ0n) is 9.97. The summed E-state index contributed by atoms with van der Waals surface area (Å²) in [7, 11) is 3.90. The van der Waals surface area contributed by atoms with Gasteiger partial charge in [-0.25, -0.2) is 9.97 Å². The zero-order valence-corrected chi connectivity index (χ0v) is 9.97. The van der Waals surface area contributed by atoms with E-state index >= 15 is 0 Å². The molecule has 2 rings (SSSR count). The van der Waals surface area contributed by atoms with Crippen molar-refractivity contribution in [2.24, 2.45) is 0 Å². The van der Waals surface area contributed by atoms with Gasteiger partial charge in [0.1, 0.15) is 6.33 Å². The van der Waals surface area contributed by atoms with Crippen molar-refractivity contribution in [3.05, 3.63) is 28.4 Å². The Labute approximate surface area is 98.5 Å². The smallest absolute Gasteiger partial charge is 0.274 e. The normalized spacial score (nSPS) is 11.5. The van der Waals surface area contributed by atoms with Gasteiger partial charge in [-0.1, -0.05) is 0 Å². The van der Waals surface area contributed by atoms with Gasteiger partial charge in [-0.15, -0.1) is 0 Å². The molecule has 2 aromatic heterocycles. The zero-order chi connectivity index (χ0) is 12.3. The Morgan fingerprint density at radius 3 is 3.18 bits per heavy atom. The maximum Gasteiger partial charge on any atom is 0.274 e. The number of likely N-dealkylation sites (N-methyl/N-ethyl adjacent to an activating group) is 2. The van der Waals surface area contributed by atoms with Gasteiger partial charge in [-0.05, 0) is 14.1 Å². The fraction of sp³-hybridized carbons (Fsp3) is 0.500. The van der Waals surface area contributed by atoms with E-state index in [1.54, 1.807) is 0 Å². The number of aromatic amines is 1. The average Bonchev–Trinajstić information content (AvgIpc) is 2.75. The van der Waals surface area contributed by atoms with Crippen LogP contribution in [0, 0.1) is 0 Å². The van der Waals surface area contributed by atoms with Crippen LogP contribution in [0.15, 0.2) is 17.2 Å². The highest BCUT2D eigenvalue weighted by molar-refractivity contribution is 5.25. The van der Waals surface area contributed by atoms with Gasteiger partial charge in [-0.2, -0.15) is 4.52 Å². The first-order valence-electron chi connectivity index (χ1n) is 5.46. The number of fused-ring (bicyclic) bond motifs is 1. The van der Waals surface area contributed by atoms with E-state index in [4.69, 9.17) is 0 Å². The molecule has 0 saturated heterocycles. The fourth-order valence-electron chi connectivity index (χ4n) is 1.61. The third-order valence-corrected chi connectivity index (χ3v) is 2.50. The third-order valence-electron chi connectivity index (χ3n) is 2.50. The molecule has 0 atom stereocenters. The van der Waals surface area contributed by atoms with Gasteiger partial charge in [0.25, 0.3) is 11.3 Å². The van der Waals surface area contributed by atoms with Crippen LogP contribution in [0.3, 0.4) is 0 Å². The first kappa shape index (κ1) is 11.7. The Morgan fingerprint density at radius 1 is 1.59 bits per heavy atom. The molecule has 17 heavy (non-hydrogen) atoms. The summed E-state index contributed by atoms with van der Waals surface area (Å²) in [5, 5.41) is 5.79. The highest BCUT2D eigenvalue weighted by Gasteiger charge is 2.06. The van der Waals surface area contributed by atoms with Crippen LogP contribution in [0.5, 0.6) is 0 Å². The van der Waals surface area contributed by atoms with Crippen LogP contribution in [0.4, 0.5) is 0 Å². The van der Waals surface area contributed by atoms with E-state index in [-0.39, 0.29) is 5.56 Å². The van der Waals surface area contributed by atoms with Crippen molar-refractivity contribution in [3.63, 3.8) is 0 Å². The van der Waals surface area contributed by atoms with E-state index < -0.39 is 0 Å². The molecule has 0 aliphatic carbocycles. The molecule has 92 valence electrons. The van der Waals surface area contributed by atoms with E-state index in [1.807, 2.05) is 14.1 Å². The number of nitrogens with one attached hydrogen (secondary N) is 2. The third kappa shape index (κ3) is 2.69. The van der Waals surface area contributed by atoms with Crippen LogP contribution >= 0.6 is 0 Å². The number of hydrogen-bond acceptors (Lipinski definition) is 5. The Kier molecular flexibility index (Phi) is 3.50. The predicted molar refractivity (Wildman–Crippen MR) is 63.9 cm³/mol. The second-order valence-electron chi connectivity index (χ2n) is 3.95. The van der Waals surface area contributed by atoms with Crippen molar-refractivity contribution < 1.29 is 0 Å². The molecule has 0 bridgehead atoms. The molecule has 2 aromatic rings. The summed E-state index contributed by atoms with van der Waals surface area (Å²) in [6.07, 6.45) is 1.46. The Hall–Kier alpha value is -1.73. The Balaban J connectivity index is 2.16. The van der Waals surface area contributed by atoms with E-state index in [0.29, 0.717) is 12.3 Å². The van der Waals surface area contributed by atoms with Crippen molar-refractivity contribution in [2.75, 3.05) is 27.2 Å². The molecule has 7 nitrogen and oxygen atoms in total. The topological polar surface area (TPSA) is 78.3 Å². The lowest BCUT2D eigenvalue weighted by Crippen LogP contribution is -2.28. The summed E-state index contributed by atoms with van der Waals surface area (Å²) in [4.78, 5) is 22.1. The maximum absolute atomic E-state index is 11.7. The number of nitrogens with zero attached hydrogens (tertiary/aromatic N) is 4. The van der Waals surface area contributed by atoms with Crippen molar-refractivity contribution in [1.29, 1.82) is 0 Å². The van der Waals surface area contributed by atoms with Gasteiger partial charge in [0, 0.05) is 25.7 Å². The van der Waals surface area contributed by atoms with Crippen molar-refractivity contribution in [3.8, 4) is 0 Å². The van der Waals surface area contributed by atoms with Crippen LogP contribution < -0.4 is 10.9 Å². The van der Waals surface area contributed by atoms with Gasteiger partial charge < -0.3 is 5.32 Å². The van der Waals surface area contributed by atoms with Gasteiger partial charge >= 0.3 is 0 Å². The van der Waals surface area contributed by atoms with Crippen LogP contribution in [0.2, 0.25) is 0 Å². The molecule has 0 aliphatic heterocycles. The van der Waals surface area contributed by atoms with Crippen LogP contribution in [-0.4, -0.2) is 51.7 Å². The summed E-state index contributed by atoms with van der Waals surface area (Å²) >= 11 is 0. The lowest BCUT2D eigenvalue weighted by Gasteiger charge is -2.15. The van der Waals surface area contributed by atoms with E-state index in [2.05, 4.69) is 25.3 Å². The Bertz CT molecular complexity index is 545. The molecule has 0 saturated carbocycles. The molecular weight excluding hydrogens is 220 g/mol. The van der Waals surface area contributed by atoms with Gasteiger partial charge in [0.15, 0.2) is 0 Å². The molecule has 0 fully saturated rings. The highest BCUT2D eigenvalue weighted by Crippen LogP contribution is 1.98. The first-order valence-corrected chi connectivity index (χ1v) is 5.46. The summed E-state index contributed by atoms with van der Waals surface area (Å²) in [6.45, 7) is 2.44. The minimum Gasteiger partial charge on any atom is -0.318 e. The van der Waals surface area contributed by atoms with Gasteiger partial charge in [0.05, 0.1) is 5.69 Å². The molecule has 0 aromatic carbocycles. The minimum absolute atomic E-state index is 0.135. The molecule has 2 N–H and O–H groups in total. The second-order valence-corrected chi connectivity index (χ2v) is 3.95. The first-order chi connectivity index (χ1) is 8.20. The monoisotopic (exact) mass is 236 g/mol. The lowest BCUT2D eigenvalue weighted by atomic mass is 10.3. The average molecular weight is 236 g/mol. The quantitative estimate of drug-likeness (QED) is 0.701. The molecule has 0 spiro atoms. The summed E-state index contributed by atoms with van der Waals surface area (Å²) in [5.41, 5.74) is 0.602. The van der Waals surface area contributed by atoms with Gasteiger partial charge in [-0.3, -0.25) is 14.8 Å². The number of H-pyrrole nitrogens is 1. The summed E-state index contributed by atoms with van der Waals surface area (Å²) in [6, 6.07) is 1.53. The lowest BCUT2D eigenvalue weighted by molar-refractivity contribution is 0.324. The van der Waals surface area contributed by atoms with Gasteiger partial charge in [0.2, 0.25) is 0 Å². The molecule has 0 aliphatic rings. The second kappa shape index (κ2) is 5.07. The fourth-order valence-corrected chi connectivity index (χ4v) is 1.61. The number of rotatable bonds is 5. The predicted octanol–water partition coefficient (Wildman–Crippen LogP) is -0.931. The SMILES string of the molecule is CNCCN(C)Cc1cc(=O)n2[nH]cnc2n1. The highest BCUT2D eigenvalue weighted by atomic mass is 16.1.